The van der Waals surface area contributed by atoms with Gasteiger partial charge in [0, 0.05) is 12.6 Å². The molecule has 2 heteroatoms. The fraction of sp³-hybridized carbons (Fsp3) is 0.684. The van der Waals surface area contributed by atoms with Gasteiger partial charge in [-0.3, -0.25) is 0 Å². The predicted molar refractivity (Wildman–Crippen MR) is 89.7 cm³/mol. The first-order chi connectivity index (χ1) is 10.2. The van der Waals surface area contributed by atoms with Gasteiger partial charge in [0.05, 0.1) is 6.10 Å². The second kappa shape index (κ2) is 8.55. The molecule has 2 nitrogen and oxygen atoms in total. The van der Waals surface area contributed by atoms with Crippen molar-refractivity contribution >= 4 is 0 Å². The molecule has 1 aliphatic rings. The van der Waals surface area contributed by atoms with Crippen LogP contribution in [0.3, 0.4) is 0 Å². The summed E-state index contributed by atoms with van der Waals surface area (Å²) in [6, 6.07) is 11.5. The number of ether oxygens (including phenoxy) is 1. The highest BCUT2D eigenvalue weighted by Crippen LogP contribution is 2.34. The maximum absolute atomic E-state index is 6.24. The first-order valence-electron chi connectivity index (χ1n) is 8.60. The van der Waals surface area contributed by atoms with E-state index < -0.39 is 0 Å². The molecule has 118 valence electrons. The summed E-state index contributed by atoms with van der Waals surface area (Å²) >= 11 is 0. The fourth-order valence-electron chi connectivity index (χ4n) is 3.22. The molecule has 3 atom stereocenters. The molecule has 0 aromatic heterocycles. The second-order valence-corrected chi connectivity index (χ2v) is 6.75. The maximum Gasteiger partial charge on any atom is 0.0733 e. The Labute approximate surface area is 130 Å². The van der Waals surface area contributed by atoms with Gasteiger partial charge in [0.25, 0.3) is 0 Å². The normalized spacial score (nSPS) is 26.2. The highest BCUT2D eigenvalue weighted by Gasteiger charge is 2.31. The molecule has 1 aromatic carbocycles. The predicted octanol–water partition coefficient (Wildman–Crippen LogP) is 4.36. The van der Waals surface area contributed by atoms with Crippen LogP contribution < -0.4 is 5.32 Å². The van der Waals surface area contributed by atoms with Crippen molar-refractivity contribution in [3.63, 3.8) is 0 Å². The number of hydrogen-bond donors (Lipinski definition) is 1. The van der Waals surface area contributed by atoms with Crippen molar-refractivity contribution < 1.29 is 4.74 Å². The molecule has 1 aliphatic carbocycles. The molecule has 0 bridgehead atoms. The third-order valence-corrected chi connectivity index (χ3v) is 4.36. The minimum atomic E-state index is 0.359. The largest absolute Gasteiger partial charge is 0.376 e. The molecule has 0 radical (unpaired) electrons. The first kappa shape index (κ1) is 16.5. The Hall–Kier alpha value is -0.860. The molecule has 1 fully saturated rings. The Morgan fingerprint density at radius 1 is 1.19 bits per heavy atom. The summed E-state index contributed by atoms with van der Waals surface area (Å²) in [5.41, 5.74) is 1.48. The van der Waals surface area contributed by atoms with Crippen molar-refractivity contribution in [3.05, 3.63) is 35.9 Å². The van der Waals surface area contributed by atoms with Crippen LogP contribution in [-0.4, -0.2) is 25.3 Å². The third kappa shape index (κ3) is 5.12. The van der Waals surface area contributed by atoms with E-state index >= 15 is 0 Å². The van der Waals surface area contributed by atoms with Crippen LogP contribution in [0.15, 0.2) is 30.3 Å². The Morgan fingerprint density at radius 3 is 2.62 bits per heavy atom. The Morgan fingerprint density at radius 2 is 1.95 bits per heavy atom. The summed E-state index contributed by atoms with van der Waals surface area (Å²) in [6.45, 7) is 8.66. The summed E-state index contributed by atoms with van der Waals surface area (Å²) < 4.78 is 6.24. The average molecular weight is 289 g/mol. The zero-order valence-electron chi connectivity index (χ0n) is 13.8. The lowest BCUT2D eigenvalue weighted by molar-refractivity contribution is -0.0125. The maximum atomic E-state index is 6.24. The molecule has 0 saturated heterocycles. The van der Waals surface area contributed by atoms with Crippen molar-refractivity contribution in [2.45, 2.75) is 64.5 Å². The lowest BCUT2D eigenvalue weighted by Gasteiger charge is -2.37. The van der Waals surface area contributed by atoms with E-state index in [9.17, 15) is 0 Å². The summed E-state index contributed by atoms with van der Waals surface area (Å²) in [6.07, 6.45) is 5.20. The van der Waals surface area contributed by atoms with Gasteiger partial charge in [0.2, 0.25) is 0 Å². The number of nitrogens with one attached hydrogen (secondary N) is 1. The zero-order chi connectivity index (χ0) is 15.1. The number of rotatable bonds is 7. The van der Waals surface area contributed by atoms with Gasteiger partial charge in [-0.1, -0.05) is 51.1 Å². The SMILES string of the molecule is CCCNC1CCC(c2ccccc2)CC1OCC(C)C. The molecule has 21 heavy (non-hydrogen) atoms. The molecular formula is C19H31NO. The van der Waals surface area contributed by atoms with E-state index in [-0.39, 0.29) is 0 Å². The van der Waals surface area contributed by atoms with Gasteiger partial charge in [-0.2, -0.15) is 0 Å². The van der Waals surface area contributed by atoms with Gasteiger partial charge in [-0.05, 0) is 49.6 Å². The van der Waals surface area contributed by atoms with Gasteiger partial charge >= 0.3 is 0 Å². The van der Waals surface area contributed by atoms with E-state index in [1.807, 2.05) is 0 Å². The summed E-state index contributed by atoms with van der Waals surface area (Å²) in [5.74, 6) is 1.26. The van der Waals surface area contributed by atoms with Crippen molar-refractivity contribution in [3.8, 4) is 0 Å². The van der Waals surface area contributed by atoms with Crippen LogP contribution in [0.1, 0.15) is 57.9 Å². The molecular weight excluding hydrogens is 258 g/mol. The quantitative estimate of drug-likeness (QED) is 0.805. The summed E-state index contributed by atoms with van der Waals surface area (Å²) in [5, 5.41) is 3.69. The topological polar surface area (TPSA) is 21.3 Å². The second-order valence-electron chi connectivity index (χ2n) is 6.75. The molecule has 2 rings (SSSR count). The van der Waals surface area contributed by atoms with Gasteiger partial charge in [0.15, 0.2) is 0 Å². The number of hydrogen-bond acceptors (Lipinski definition) is 2. The van der Waals surface area contributed by atoms with Crippen LogP contribution in [0.2, 0.25) is 0 Å². The van der Waals surface area contributed by atoms with Crippen LogP contribution >= 0.6 is 0 Å². The van der Waals surface area contributed by atoms with E-state index in [2.05, 4.69) is 56.4 Å². The van der Waals surface area contributed by atoms with Gasteiger partial charge in [0.1, 0.15) is 0 Å². The molecule has 1 N–H and O–H groups in total. The van der Waals surface area contributed by atoms with Gasteiger partial charge in [-0.25, -0.2) is 0 Å². The van der Waals surface area contributed by atoms with E-state index in [1.165, 1.54) is 24.8 Å². The van der Waals surface area contributed by atoms with Crippen LogP contribution in [0.4, 0.5) is 0 Å². The third-order valence-electron chi connectivity index (χ3n) is 4.36. The molecule has 0 amide bonds. The van der Waals surface area contributed by atoms with Crippen LogP contribution in [0, 0.1) is 5.92 Å². The van der Waals surface area contributed by atoms with Crippen molar-refractivity contribution in [2.75, 3.05) is 13.2 Å². The summed E-state index contributed by atoms with van der Waals surface area (Å²) in [7, 11) is 0. The molecule has 1 saturated carbocycles. The Kier molecular flexibility index (Phi) is 6.72. The Balaban J connectivity index is 1.98. The van der Waals surface area contributed by atoms with Gasteiger partial charge in [-0.15, -0.1) is 0 Å². The van der Waals surface area contributed by atoms with E-state index in [0.717, 1.165) is 19.6 Å². The minimum absolute atomic E-state index is 0.359. The van der Waals surface area contributed by atoms with Crippen LogP contribution in [0.5, 0.6) is 0 Å². The molecule has 0 spiro atoms. The average Bonchev–Trinajstić information content (AvgIpc) is 2.52. The van der Waals surface area contributed by atoms with Crippen LogP contribution in [0.25, 0.3) is 0 Å². The Bertz CT molecular complexity index is 390. The van der Waals surface area contributed by atoms with Gasteiger partial charge < -0.3 is 10.1 Å². The van der Waals surface area contributed by atoms with Crippen molar-refractivity contribution in [2.24, 2.45) is 5.92 Å². The highest BCUT2D eigenvalue weighted by atomic mass is 16.5. The minimum Gasteiger partial charge on any atom is -0.376 e. The zero-order valence-corrected chi connectivity index (χ0v) is 13.8. The highest BCUT2D eigenvalue weighted by molar-refractivity contribution is 5.20. The molecule has 0 heterocycles. The van der Waals surface area contributed by atoms with Crippen LogP contribution in [-0.2, 0) is 4.74 Å². The van der Waals surface area contributed by atoms with E-state index in [4.69, 9.17) is 4.74 Å². The lowest BCUT2D eigenvalue weighted by Crippen LogP contribution is -2.45. The monoisotopic (exact) mass is 289 g/mol. The summed E-state index contributed by atoms with van der Waals surface area (Å²) in [4.78, 5) is 0. The molecule has 3 unspecified atom stereocenters. The standard InChI is InChI=1S/C19H31NO/c1-4-12-20-18-11-10-17(16-8-6-5-7-9-16)13-19(18)21-14-15(2)3/h5-9,15,17-20H,4,10-14H2,1-3H3. The van der Waals surface area contributed by atoms with E-state index in [0.29, 0.717) is 24.0 Å². The smallest absolute Gasteiger partial charge is 0.0733 e. The van der Waals surface area contributed by atoms with Crippen molar-refractivity contribution in [1.82, 2.24) is 5.32 Å². The molecule has 0 aliphatic heterocycles. The van der Waals surface area contributed by atoms with E-state index in [1.54, 1.807) is 0 Å². The van der Waals surface area contributed by atoms with Crippen molar-refractivity contribution in [1.29, 1.82) is 0 Å². The lowest BCUT2D eigenvalue weighted by atomic mass is 9.80. The first-order valence-corrected chi connectivity index (χ1v) is 8.60. The number of benzene rings is 1. The fourth-order valence-corrected chi connectivity index (χ4v) is 3.22. The molecule has 1 aromatic rings.